The fraction of sp³-hybridized carbons (Fsp3) is 0.529. The summed E-state index contributed by atoms with van der Waals surface area (Å²) in [5.41, 5.74) is 0.335. The molecule has 1 aliphatic heterocycles. The van der Waals surface area contributed by atoms with Crippen molar-refractivity contribution in [2.24, 2.45) is 5.41 Å². The predicted molar refractivity (Wildman–Crippen MR) is 80.8 cm³/mol. The van der Waals surface area contributed by atoms with E-state index in [2.05, 4.69) is 0 Å². The first-order chi connectivity index (χ1) is 10.4. The highest BCUT2D eigenvalue weighted by Crippen LogP contribution is 2.45. The standard InChI is InChI=1S/C17H21NO4/c1-17(2)15(20)11-7-6-10(22-3)9-12(11)14(16(17)21)18-8-4-5-13(18)19/h6-7,9,14,16,21H,4-5,8H2,1-3H3/t14-,16+/m1/s1. The van der Waals surface area contributed by atoms with Crippen molar-refractivity contribution >= 4 is 11.7 Å². The van der Waals surface area contributed by atoms with Crippen LogP contribution in [0.15, 0.2) is 18.2 Å². The van der Waals surface area contributed by atoms with E-state index in [4.69, 9.17) is 4.74 Å². The molecule has 2 aliphatic rings. The van der Waals surface area contributed by atoms with Gasteiger partial charge in [-0.2, -0.15) is 0 Å². The number of fused-ring (bicyclic) bond motifs is 1. The Morgan fingerprint density at radius 2 is 2.05 bits per heavy atom. The SMILES string of the molecule is COc1ccc2c(c1)[C@@H](N1CCCC1=O)[C@H](O)C(C)(C)C2=O. The van der Waals surface area contributed by atoms with E-state index in [-0.39, 0.29) is 11.7 Å². The third kappa shape index (κ3) is 2.03. The number of ether oxygens (including phenoxy) is 1. The van der Waals surface area contributed by atoms with Crippen molar-refractivity contribution in [1.82, 2.24) is 4.90 Å². The molecule has 1 saturated heterocycles. The molecule has 118 valence electrons. The van der Waals surface area contributed by atoms with Gasteiger partial charge < -0.3 is 14.7 Å². The molecule has 0 bridgehead atoms. The summed E-state index contributed by atoms with van der Waals surface area (Å²) in [6, 6.07) is 4.75. The Kier molecular flexibility index (Phi) is 3.48. The molecule has 0 radical (unpaired) electrons. The summed E-state index contributed by atoms with van der Waals surface area (Å²) in [4.78, 5) is 26.6. The van der Waals surface area contributed by atoms with Crippen molar-refractivity contribution in [1.29, 1.82) is 0 Å². The summed E-state index contributed by atoms with van der Waals surface area (Å²) in [6.45, 7) is 4.09. The monoisotopic (exact) mass is 303 g/mol. The first-order valence-electron chi connectivity index (χ1n) is 7.58. The van der Waals surface area contributed by atoms with E-state index in [1.807, 2.05) is 0 Å². The normalized spacial score (nSPS) is 27.0. The highest BCUT2D eigenvalue weighted by Gasteiger charge is 2.50. The maximum Gasteiger partial charge on any atom is 0.223 e. The van der Waals surface area contributed by atoms with Crippen LogP contribution >= 0.6 is 0 Å². The molecule has 1 fully saturated rings. The van der Waals surface area contributed by atoms with E-state index < -0.39 is 17.6 Å². The molecule has 1 aromatic rings. The Hall–Kier alpha value is -1.88. The molecule has 1 N–H and O–H groups in total. The van der Waals surface area contributed by atoms with Crippen LogP contribution in [0.25, 0.3) is 0 Å². The van der Waals surface area contributed by atoms with Crippen LogP contribution in [-0.4, -0.2) is 41.5 Å². The first kappa shape index (κ1) is 15.0. The van der Waals surface area contributed by atoms with E-state index >= 15 is 0 Å². The molecule has 1 aromatic carbocycles. The summed E-state index contributed by atoms with van der Waals surface area (Å²) in [7, 11) is 1.56. The topological polar surface area (TPSA) is 66.8 Å². The van der Waals surface area contributed by atoms with Crippen LogP contribution in [0.1, 0.15) is 48.7 Å². The number of likely N-dealkylation sites (tertiary alicyclic amines) is 1. The Balaban J connectivity index is 2.17. The highest BCUT2D eigenvalue weighted by molar-refractivity contribution is 6.03. The van der Waals surface area contributed by atoms with Gasteiger partial charge in [0.25, 0.3) is 0 Å². The van der Waals surface area contributed by atoms with Crippen molar-refractivity contribution in [3.8, 4) is 5.75 Å². The van der Waals surface area contributed by atoms with Crippen molar-refractivity contribution in [2.75, 3.05) is 13.7 Å². The van der Waals surface area contributed by atoms with Gasteiger partial charge in [-0.15, -0.1) is 0 Å². The quantitative estimate of drug-likeness (QED) is 0.906. The van der Waals surface area contributed by atoms with Gasteiger partial charge >= 0.3 is 0 Å². The van der Waals surface area contributed by atoms with Crippen LogP contribution in [0.3, 0.4) is 0 Å². The number of methoxy groups -OCH3 is 1. The lowest BCUT2D eigenvalue weighted by Gasteiger charge is -2.44. The first-order valence-corrected chi connectivity index (χ1v) is 7.58. The highest BCUT2D eigenvalue weighted by atomic mass is 16.5. The second-order valence-electron chi connectivity index (χ2n) is 6.58. The molecule has 3 rings (SSSR count). The summed E-state index contributed by atoms with van der Waals surface area (Å²) >= 11 is 0. The molecule has 0 saturated carbocycles. The average molecular weight is 303 g/mol. The fourth-order valence-electron chi connectivity index (χ4n) is 3.47. The van der Waals surface area contributed by atoms with E-state index in [0.717, 1.165) is 6.42 Å². The van der Waals surface area contributed by atoms with Gasteiger partial charge in [-0.1, -0.05) is 0 Å². The molecule has 0 spiro atoms. The number of rotatable bonds is 2. The van der Waals surface area contributed by atoms with E-state index in [0.29, 0.717) is 29.8 Å². The molecule has 2 atom stereocenters. The Morgan fingerprint density at radius 1 is 1.32 bits per heavy atom. The van der Waals surface area contributed by atoms with Crippen LogP contribution in [0.4, 0.5) is 0 Å². The molecule has 5 nitrogen and oxygen atoms in total. The summed E-state index contributed by atoms with van der Waals surface area (Å²) in [5, 5.41) is 10.8. The lowest BCUT2D eigenvalue weighted by molar-refractivity contribution is -0.134. The van der Waals surface area contributed by atoms with Crippen LogP contribution in [0.2, 0.25) is 0 Å². The van der Waals surface area contributed by atoms with Crippen molar-refractivity contribution in [2.45, 2.75) is 38.8 Å². The minimum Gasteiger partial charge on any atom is -0.497 e. The van der Waals surface area contributed by atoms with Crippen LogP contribution in [0, 0.1) is 5.41 Å². The number of nitrogens with zero attached hydrogens (tertiary/aromatic N) is 1. The predicted octanol–water partition coefficient (Wildman–Crippen LogP) is 1.94. The number of aliphatic hydroxyl groups excluding tert-OH is 1. The summed E-state index contributed by atoms with van der Waals surface area (Å²) in [6.07, 6.45) is 0.355. The zero-order chi connectivity index (χ0) is 16.1. The van der Waals surface area contributed by atoms with Gasteiger partial charge in [0, 0.05) is 18.5 Å². The Bertz CT molecular complexity index is 638. The lowest BCUT2D eigenvalue weighted by Crippen LogP contribution is -2.51. The summed E-state index contributed by atoms with van der Waals surface area (Å²) in [5.74, 6) is 0.554. The molecule has 1 heterocycles. The second kappa shape index (κ2) is 5.09. The average Bonchev–Trinajstić information content (AvgIpc) is 2.91. The molecule has 22 heavy (non-hydrogen) atoms. The van der Waals surface area contributed by atoms with Gasteiger partial charge in [0.05, 0.1) is 24.7 Å². The van der Waals surface area contributed by atoms with Crippen molar-refractivity contribution < 1.29 is 19.4 Å². The van der Waals surface area contributed by atoms with Crippen LogP contribution < -0.4 is 4.74 Å². The summed E-state index contributed by atoms with van der Waals surface area (Å²) < 4.78 is 5.24. The number of benzene rings is 1. The van der Waals surface area contributed by atoms with Gasteiger partial charge in [-0.05, 0) is 44.0 Å². The number of Topliss-reactive ketones (excluding diaryl/α,β-unsaturated/α-hetero) is 1. The number of carbonyl (C=O) groups is 2. The zero-order valence-electron chi connectivity index (χ0n) is 13.1. The molecule has 1 amide bonds. The van der Waals surface area contributed by atoms with Crippen LogP contribution in [-0.2, 0) is 4.79 Å². The van der Waals surface area contributed by atoms with Crippen molar-refractivity contribution in [3.63, 3.8) is 0 Å². The maximum atomic E-state index is 12.7. The fourth-order valence-corrected chi connectivity index (χ4v) is 3.47. The number of ketones is 1. The number of amides is 1. The second-order valence-corrected chi connectivity index (χ2v) is 6.58. The van der Waals surface area contributed by atoms with Crippen molar-refractivity contribution in [3.05, 3.63) is 29.3 Å². The van der Waals surface area contributed by atoms with E-state index in [9.17, 15) is 14.7 Å². The van der Waals surface area contributed by atoms with E-state index in [1.54, 1.807) is 44.1 Å². The van der Waals surface area contributed by atoms with Crippen LogP contribution in [0.5, 0.6) is 5.75 Å². The van der Waals surface area contributed by atoms with Gasteiger partial charge in [-0.25, -0.2) is 0 Å². The molecular weight excluding hydrogens is 282 g/mol. The van der Waals surface area contributed by atoms with Gasteiger partial charge in [0.1, 0.15) is 5.75 Å². The third-order valence-electron chi connectivity index (χ3n) is 4.89. The molecule has 0 unspecified atom stereocenters. The lowest BCUT2D eigenvalue weighted by atomic mass is 9.68. The minimum absolute atomic E-state index is 0.0305. The molecular formula is C17H21NO4. The van der Waals surface area contributed by atoms with E-state index in [1.165, 1.54) is 0 Å². The number of hydrogen-bond acceptors (Lipinski definition) is 4. The third-order valence-corrected chi connectivity index (χ3v) is 4.89. The number of carbonyl (C=O) groups excluding carboxylic acids is 2. The Morgan fingerprint density at radius 3 is 2.64 bits per heavy atom. The molecule has 1 aliphatic carbocycles. The zero-order valence-corrected chi connectivity index (χ0v) is 13.1. The number of hydrogen-bond donors (Lipinski definition) is 1. The minimum atomic E-state index is -0.929. The van der Waals surface area contributed by atoms with Gasteiger partial charge in [0.2, 0.25) is 5.91 Å². The largest absolute Gasteiger partial charge is 0.497 e. The molecule has 0 aromatic heterocycles. The smallest absolute Gasteiger partial charge is 0.223 e. The maximum absolute atomic E-state index is 12.7. The Labute approximate surface area is 129 Å². The van der Waals surface area contributed by atoms with Gasteiger partial charge in [-0.3, -0.25) is 9.59 Å². The number of aliphatic hydroxyl groups is 1. The molecule has 5 heteroatoms. The van der Waals surface area contributed by atoms with Gasteiger partial charge in [0.15, 0.2) is 5.78 Å².